The fraction of sp³-hybridized carbons (Fsp3) is 0.368. The molecule has 2 amide bonds. The number of carbonyl (C=O) groups excluding carboxylic acids is 2. The van der Waals surface area contributed by atoms with Gasteiger partial charge in [0, 0.05) is 25.3 Å². The molecule has 3 N–H and O–H groups in total. The molecule has 0 aliphatic carbocycles. The van der Waals surface area contributed by atoms with E-state index in [2.05, 4.69) is 10.2 Å². The van der Waals surface area contributed by atoms with Crippen LogP contribution in [-0.4, -0.2) is 24.9 Å². The summed E-state index contributed by atoms with van der Waals surface area (Å²) in [5, 5.41) is 2.89. The molecule has 0 bridgehead atoms. The van der Waals surface area contributed by atoms with Crippen molar-refractivity contribution in [2.45, 2.75) is 26.3 Å². The van der Waals surface area contributed by atoms with Gasteiger partial charge in [0.15, 0.2) is 0 Å². The van der Waals surface area contributed by atoms with E-state index in [0.717, 1.165) is 30.6 Å². The summed E-state index contributed by atoms with van der Waals surface area (Å²) in [7, 11) is 0. The normalized spacial score (nSPS) is 17.3. The minimum atomic E-state index is -0.224. The Bertz CT molecular complexity index is 752. The van der Waals surface area contributed by atoms with Crippen LogP contribution < -0.4 is 16.0 Å². The van der Waals surface area contributed by atoms with Crippen LogP contribution in [0.1, 0.15) is 34.5 Å². The maximum atomic E-state index is 12.1. The van der Waals surface area contributed by atoms with Crippen molar-refractivity contribution in [2.75, 3.05) is 18.0 Å². The second kappa shape index (κ2) is 7.42. The topological polar surface area (TPSA) is 88.6 Å². The summed E-state index contributed by atoms with van der Waals surface area (Å²) in [6.45, 7) is 3.82. The number of hydrogen-bond donors (Lipinski definition) is 2. The highest BCUT2D eigenvalue weighted by Gasteiger charge is 2.24. The van der Waals surface area contributed by atoms with Crippen LogP contribution in [0, 0.1) is 12.8 Å². The number of furan rings is 1. The maximum absolute atomic E-state index is 12.1. The maximum Gasteiger partial charge on any atom is 0.255 e. The summed E-state index contributed by atoms with van der Waals surface area (Å²) < 4.78 is 5.15. The van der Waals surface area contributed by atoms with Crippen molar-refractivity contribution < 1.29 is 14.0 Å². The Balaban J connectivity index is 1.58. The van der Waals surface area contributed by atoms with Gasteiger partial charge in [-0.1, -0.05) is 12.1 Å². The average molecular weight is 341 g/mol. The van der Waals surface area contributed by atoms with Crippen LogP contribution in [0.2, 0.25) is 0 Å². The predicted molar refractivity (Wildman–Crippen MR) is 95.2 cm³/mol. The first-order chi connectivity index (χ1) is 12.0. The van der Waals surface area contributed by atoms with Crippen molar-refractivity contribution in [1.82, 2.24) is 5.32 Å². The first-order valence-electron chi connectivity index (χ1n) is 8.50. The first-order valence-corrected chi connectivity index (χ1v) is 8.50. The summed E-state index contributed by atoms with van der Waals surface area (Å²) in [6, 6.07) is 9.69. The van der Waals surface area contributed by atoms with Crippen molar-refractivity contribution in [3.8, 4) is 0 Å². The third-order valence-electron chi connectivity index (χ3n) is 4.68. The van der Waals surface area contributed by atoms with Gasteiger partial charge in [-0.15, -0.1) is 0 Å². The molecule has 6 heteroatoms. The number of aryl methyl sites for hydroxylation is 1. The van der Waals surface area contributed by atoms with E-state index < -0.39 is 0 Å². The van der Waals surface area contributed by atoms with Gasteiger partial charge in [0.05, 0.1) is 17.7 Å². The number of rotatable bonds is 5. The lowest BCUT2D eigenvalue weighted by molar-refractivity contribution is -0.122. The number of nitrogens with one attached hydrogen (secondary N) is 1. The summed E-state index contributed by atoms with van der Waals surface area (Å²) in [5.74, 6) is 0.169. The van der Waals surface area contributed by atoms with Gasteiger partial charge in [0.2, 0.25) is 5.91 Å². The Kier molecular flexibility index (Phi) is 5.07. The van der Waals surface area contributed by atoms with Gasteiger partial charge in [-0.25, -0.2) is 0 Å². The summed E-state index contributed by atoms with van der Waals surface area (Å²) in [4.78, 5) is 25.7. The van der Waals surface area contributed by atoms with Gasteiger partial charge >= 0.3 is 0 Å². The number of hydrogen-bond acceptors (Lipinski definition) is 4. The zero-order valence-corrected chi connectivity index (χ0v) is 14.3. The number of benzene rings is 1. The van der Waals surface area contributed by atoms with E-state index in [0.29, 0.717) is 24.4 Å². The number of nitrogens with two attached hydrogens (primary N) is 1. The molecule has 1 aliphatic heterocycles. The van der Waals surface area contributed by atoms with Crippen LogP contribution in [-0.2, 0) is 11.3 Å². The average Bonchev–Trinajstić information content (AvgIpc) is 3.06. The minimum Gasteiger partial charge on any atom is -0.469 e. The molecular weight excluding hydrogens is 318 g/mol. The lowest BCUT2D eigenvalue weighted by Gasteiger charge is -2.33. The summed E-state index contributed by atoms with van der Waals surface area (Å²) in [5.41, 5.74) is 8.09. The Morgan fingerprint density at radius 3 is 2.68 bits per heavy atom. The van der Waals surface area contributed by atoms with Gasteiger partial charge in [0.1, 0.15) is 5.76 Å². The van der Waals surface area contributed by atoms with E-state index in [1.165, 1.54) is 6.26 Å². The van der Waals surface area contributed by atoms with Crippen molar-refractivity contribution >= 4 is 17.5 Å². The van der Waals surface area contributed by atoms with Crippen molar-refractivity contribution in [1.29, 1.82) is 0 Å². The fourth-order valence-electron chi connectivity index (χ4n) is 3.17. The van der Waals surface area contributed by atoms with Crippen LogP contribution in [0.3, 0.4) is 0 Å². The SMILES string of the molecule is Cc1occc1C(=O)NCc1ccc(N2CCC[C@H](C(N)=O)C2)cc1. The molecule has 1 aromatic carbocycles. The molecule has 2 heterocycles. The zero-order chi connectivity index (χ0) is 17.8. The van der Waals surface area contributed by atoms with Crippen LogP contribution in [0.15, 0.2) is 41.0 Å². The first kappa shape index (κ1) is 17.1. The van der Waals surface area contributed by atoms with Crippen molar-refractivity contribution in [3.05, 3.63) is 53.5 Å². The van der Waals surface area contributed by atoms with Crippen LogP contribution in [0.25, 0.3) is 0 Å². The number of carbonyl (C=O) groups is 2. The molecule has 1 aliphatic rings. The second-order valence-electron chi connectivity index (χ2n) is 6.43. The lowest BCUT2D eigenvalue weighted by Crippen LogP contribution is -2.41. The molecule has 25 heavy (non-hydrogen) atoms. The molecule has 1 fully saturated rings. The number of piperidine rings is 1. The van der Waals surface area contributed by atoms with Crippen LogP contribution >= 0.6 is 0 Å². The van der Waals surface area contributed by atoms with E-state index >= 15 is 0 Å². The van der Waals surface area contributed by atoms with E-state index in [4.69, 9.17) is 10.2 Å². The monoisotopic (exact) mass is 341 g/mol. The molecule has 1 saturated heterocycles. The lowest BCUT2D eigenvalue weighted by atomic mass is 9.97. The van der Waals surface area contributed by atoms with E-state index in [1.54, 1.807) is 13.0 Å². The molecule has 3 rings (SSSR count). The third kappa shape index (κ3) is 4.02. The van der Waals surface area contributed by atoms with E-state index in [9.17, 15) is 9.59 Å². The Morgan fingerprint density at radius 1 is 1.28 bits per heavy atom. The fourth-order valence-corrected chi connectivity index (χ4v) is 3.17. The largest absolute Gasteiger partial charge is 0.469 e. The zero-order valence-electron chi connectivity index (χ0n) is 14.3. The molecule has 6 nitrogen and oxygen atoms in total. The molecule has 0 unspecified atom stereocenters. The minimum absolute atomic E-state index is 0.0779. The standard InChI is InChI=1S/C19H23N3O3/c1-13-17(8-10-25-13)19(24)21-11-14-4-6-16(7-5-14)22-9-2-3-15(12-22)18(20)23/h4-8,10,15H,2-3,9,11-12H2,1H3,(H2,20,23)(H,21,24)/t15-/m0/s1. The molecule has 132 valence electrons. The van der Waals surface area contributed by atoms with Crippen molar-refractivity contribution in [3.63, 3.8) is 0 Å². The molecule has 1 atom stereocenters. The smallest absolute Gasteiger partial charge is 0.255 e. The Labute approximate surface area is 147 Å². The molecular formula is C19H23N3O3. The van der Waals surface area contributed by atoms with E-state index in [1.807, 2.05) is 24.3 Å². The van der Waals surface area contributed by atoms with Gasteiger partial charge in [-0.2, -0.15) is 0 Å². The van der Waals surface area contributed by atoms with Gasteiger partial charge in [-0.05, 0) is 43.5 Å². The van der Waals surface area contributed by atoms with Gasteiger partial charge in [-0.3, -0.25) is 9.59 Å². The number of primary amides is 1. The number of amides is 2. The highest BCUT2D eigenvalue weighted by atomic mass is 16.3. The Hall–Kier alpha value is -2.76. The molecule has 0 saturated carbocycles. The highest BCUT2D eigenvalue weighted by molar-refractivity contribution is 5.94. The summed E-state index contributed by atoms with van der Waals surface area (Å²) in [6.07, 6.45) is 3.34. The Morgan fingerprint density at radius 2 is 2.04 bits per heavy atom. The van der Waals surface area contributed by atoms with E-state index in [-0.39, 0.29) is 17.7 Å². The second-order valence-corrected chi connectivity index (χ2v) is 6.43. The molecule has 0 radical (unpaired) electrons. The van der Waals surface area contributed by atoms with Gasteiger partial charge < -0.3 is 20.4 Å². The molecule has 2 aromatic rings. The highest BCUT2D eigenvalue weighted by Crippen LogP contribution is 2.23. The molecule has 0 spiro atoms. The van der Waals surface area contributed by atoms with Crippen molar-refractivity contribution in [2.24, 2.45) is 11.7 Å². The predicted octanol–water partition coefficient (Wildman–Crippen LogP) is 2.22. The molecule has 1 aromatic heterocycles. The quantitative estimate of drug-likeness (QED) is 0.873. The number of anilines is 1. The number of nitrogens with zero attached hydrogens (tertiary/aromatic N) is 1. The van der Waals surface area contributed by atoms with Gasteiger partial charge in [0.25, 0.3) is 5.91 Å². The summed E-state index contributed by atoms with van der Waals surface area (Å²) >= 11 is 0. The van der Waals surface area contributed by atoms with Crippen LogP contribution in [0.5, 0.6) is 0 Å². The third-order valence-corrected chi connectivity index (χ3v) is 4.68. The van der Waals surface area contributed by atoms with Crippen LogP contribution in [0.4, 0.5) is 5.69 Å².